The Morgan fingerprint density at radius 3 is 2.63 bits per heavy atom. The van der Waals surface area contributed by atoms with Crippen molar-refractivity contribution in [1.82, 2.24) is 5.32 Å². The molecule has 0 aliphatic heterocycles. The first-order chi connectivity index (χ1) is 9.00. The number of hydrogen-bond acceptors (Lipinski definition) is 2. The molecule has 106 valence electrons. The van der Waals surface area contributed by atoms with E-state index in [2.05, 4.69) is 5.32 Å². The molecule has 0 aromatic heterocycles. The van der Waals surface area contributed by atoms with Crippen LogP contribution in [-0.4, -0.2) is 17.1 Å². The van der Waals surface area contributed by atoms with Crippen molar-refractivity contribution in [1.29, 1.82) is 0 Å². The largest absolute Gasteiger partial charge is 0.481 e. The highest BCUT2D eigenvalue weighted by atomic mass is 19.1. The summed E-state index contributed by atoms with van der Waals surface area (Å²) in [5.74, 6) is -1.23. The van der Waals surface area contributed by atoms with Gasteiger partial charge in [-0.25, -0.2) is 4.39 Å². The molecule has 2 atom stereocenters. The number of carbonyl (C=O) groups is 1. The van der Waals surface area contributed by atoms with Crippen molar-refractivity contribution in [2.75, 3.05) is 0 Å². The zero-order valence-electron chi connectivity index (χ0n) is 11.5. The molecule has 0 radical (unpaired) electrons. The molecule has 2 N–H and O–H groups in total. The molecule has 1 rings (SSSR count). The Morgan fingerprint density at radius 2 is 2.00 bits per heavy atom. The first-order valence-electron chi connectivity index (χ1n) is 6.70. The molecule has 0 saturated heterocycles. The molecule has 0 saturated carbocycles. The first-order valence-corrected chi connectivity index (χ1v) is 6.70. The fourth-order valence-corrected chi connectivity index (χ4v) is 1.88. The lowest BCUT2D eigenvalue weighted by Crippen LogP contribution is -2.26. The molecule has 0 amide bonds. The summed E-state index contributed by atoms with van der Waals surface area (Å²) in [6.45, 7) is 4.26. The molecule has 1 aromatic carbocycles. The van der Waals surface area contributed by atoms with Gasteiger partial charge in [-0.2, -0.15) is 0 Å². The second-order valence-electron chi connectivity index (χ2n) is 5.04. The van der Waals surface area contributed by atoms with Crippen molar-refractivity contribution < 1.29 is 14.3 Å². The SMILES string of the molecule is CC(CCCC(C)C(=O)O)NCc1ccccc1F. The van der Waals surface area contributed by atoms with Crippen molar-refractivity contribution in [2.24, 2.45) is 5.92 Å². The summed E-state index contributed by atoms with van der Waals surface area (Å²) in [7, 11) is 0. The molecule has 0 spiro atoms. The zero-order chi connectivity index (χ0) is 14.3. The minimum absolute atomic E-state index is 0.193. The van der Waals surface area contributed by atoms with Crippen molar-refractivity contribution in [3.8, 4) is 0 Å². The smallest absolute Gasteiger partial charge is 0.306 e. The molecule has 2 unspecified atom stereocenters. The Hall–Kier alpha value is -1.42. The summed E-state index contributed by atoms with van der Waals surface area (Å²) in [6, 6.07) is 6.97. The molecule has 0 fully saturated rings. The van der Waals surface area contributed by atoms with Crippen molar-refractivity contribution >= 4 is 5.97 Å². The Bertz CT molecular complexity index is 409. The molecular weight excluding hydrogens is 245 g/mol. The number of hydrogen-bond donors (Lipinski definition) is 2. The van der Waals surface area contributed by atoms with Crippen LogP contribution in [0.3, 0.4) is 0 Å². The third-order valence-electron chi connectivity index (χ3n) is 3.29. The van der Waals surface area contributed by atoms with Crippen molar-refractivity contribution in [3.05, 3.63) is 35.6 Å². The van der Waals surface area contributed by atoms with Crippen LogP contribution in [-0.2, 0) is 11.3 Å². The third kappa shape index (κ3) is 5.83. The Balaban J connectivity index is 2.23. The fraction of sp³-hybridized carbons (Fsp3) is 0.533. The minimum Gasteiger partial charge on any atom is -0.481 e. The van der Waals surface area contributed by atoms with Gasteiger partial charge < -0.3 is 10.4 Å². The number of nitrogens with one attached hydrogen (secondary N) is 1. The number of halogens is 1. The number of carboxylic acids is 1. The average Bonchev–Trinajstić information content (AvgIpc) is 2.37. The summed E-state index contributed by atoms with van der Waals surface area (Å²) < 4.78 is 13.4. The highest BCUT2D eigenvalue weighted by Gasteiger charge is 2.11. The summed E-state index contributed by atoms with van der Waals surface area (Å²) >= 11 is 0. The first kappa shape index (κ1) is 15.6. The van der Waals surface area contributed by atoms with Gasteiger partial charge >= 0.3 is 5.97 Å². The second-order valence-corrected chi connectivity index (χ2v) is 5.04. The highest BCUT2D eigenvalue weighted by molar-refractivity contribution is 5.69. The maximum absolute atomic E-state index is 13.4. The molecule has 19 heavy (non-hydrogen) atoms. The maximum Gasteiger partial charge on any atom is 0.306 e. The van der Waals surface area contributed by atoms with Gasteiger partial charge in [0.05, 0.1) is 5.92 Å². The third-order valence-corrected chi connectivity index (χ3v) is 3.29. The lowest BCUT2D eigenvalue weighted by Gasteiger charge is -2.14. The fourth-order valence-electron chi connectivity index (χ4n) is 1.88. The quantitative estimate of drug-likeness (QED) is 0.760. The van der Waals surface area contributed by atoms with E-state index in [1.807, 2.05) is 13.0 Å². The van der Waals surface area contributed by atoms with E-state index >= 15 is 0 Å². The Morgan fingerprint density at radius 1 is 1.32 bits per heavy atom. The highest BCUT2D eigenvalue weighted by Crippen LogP contribution is 2.11. The molecule has 0 aliphatic rings. The van der Waals surface area contributed by atoms with E-state index < -0.39 is 5.97 Å². The van der Waals surface area contributed by atoms with Gasteiger partial charge in [0.25, 0.3) is 0 Å². The summed E-state index contributed by atoms with van der Waals surface area (Å²) in [6.07, 6.45) is 2.44. The number of benzene rings is 1. The maximum atomic E-state index is 13.4. The monoisotopic (exact) mass is 267 g/mol. The van der Waals surface area contributed by atoms with Crippen LogP contribution in [0.25, 0.3) is 0 Å². The van der Waals surface area contributed by atoms with Crippen molar-refractivity contribution in [3.63, 3.8) is 0 Å². The minimum atomic E-state index is -0.744. The van der Waals surface area contributed by atoms with Gasteiger partial charge in [0.1, 0.15) is 5.82 Å². The van der Waals surface area contributed by atoms with E-state index in [-0.39, 0.29) is 17.8 Å². The van der Waals surface area contributed by atoms with Crippen LogP contribution in [0.5, 0.6) is 0 Å². The van der Waals surface area contributed by atoms with Gasteiger partial charge in [-0.15, -0.1) is 0 Å². The van der Waals surface area contributed by atoms with Crippen LogP contribution in [0.2, 0.25) is 0 Å². The number of aliphatic carboxylic acids is 1. The second kappa shape index (κ2) is 7.89. The molecule has 3 nitrogen and oxygen atoms in total. The Kier molecular flexibility index (Phi) is 6.50. The topological polar surface area (TPSA) is 49.3 Å². The summed E-state index contributed by atoms with van der Waals surface area (Å²) in [5, 5.41) is 12.0. The molecular formula is C15H22FNO2. The van der Waals surface area contributed by atoms with Crippen LogP contribution in [0.1, 0.15) is 38.7 Å². The van der Waals surface area contributed by atoms with Gasteiger partial charge in [0.2, 0.25) is 0 Å². The van der Waals surface area contributed by atoms with Crippen LogP contribution in [0.4, 0.5) is 4.39 Å². The van der Waals surface area contributed by atoms with E-state index in [0.29, 0.717) is 18.5 Å². The number of carboxylic acid groups (broad SMARTS) is 1. The predicted molar refractivity (Wildman–Crippen MR) is 73.4 cm³/mol. The van der Waals surface area contributed by atoms with Crippen LogP contribution >= 0.6 is 0 Å². The normalized spacial score (nSPS) is 14.1. The van der Waals surface area contributed by atoms with Crippen LogP contribution in [0.15, 0.2) is 24.3 Å². The van der Waals surface area contributed by atoms with E-state index in [0.717, 1.165) is 12.8 Å². The predicted octanol–water partition coefficient (Wildman–Crippen LogP) is 3.19. The van der Waals surface area contributed by atoms with E-state index in [9.17, 15) is 9.18 Å². The standard InChI is InChI=1S/C15H22FNO2/c1-11(15(18)19)6-5-7-12(2)17-10-13-8-3-4-9-14(13)16/h3-4,8-9,11-12,17H,5-7,10H2,1-2H3,(H,18,19). The van der Waals surface area contributed by atoms with E-state index in [4.69, 9.17) is 5.11 Å². The molecule has 4 heteroatoms. The summed E-state index contributed by atoms with van der Waals surface area (Å²) in [5.41, 5.74) is 0.660. The number of rotatable bonds is 8. The molecule has 1 aromatic rings. The van der Waals surface area contributed by atoms with Gasteiger partial charge in [-0.3, -0.25) is 4.79 Å². The van der Waals surface area contributed by atoms with Gasteiger partial charge in [0, 0.05) is 18.2 Å². The molecule has 0 aliphatic carbocycles. The van der Waals surface area contributed by atoms with Gasteiger partial charge in [-0.1, -0.05) is 31.5 Å². The summed E-state index contributed by atoms with van der Waals surface area (Å²) in [4.78, 5) is 10.7. The average molecular weight is 267 g/mol. The van der Waals surface area contributed by atoms with Crippen molar-refractivity contribution in [2.45, 2.75) is 45.7 Å². The van der Waals surface area contributed by atoms with Crippen LogP contribution < -0.4 is 5.32 Å². The molecule has 0 bridgehead atoms. The van der Waals surface area contributed by atoms with E-state index in [1.54, 1.807) is 19.1 Å². The van der Waals surface area contributed by atoms with Gasteiger partial charge in [-0.05, 0) is 25.8 Å². The lowest BCUT2D eigenvalue weighted by atomic mass is 10.0. The van der Waals surface area contributed by atoms with Gasteiger partial charge in [0.15, 0.2) is 0 Å². The lowest BCUT2D eigenvalue weighted by molar-refractivity contribution is -0.141. The zero-order valence-corrected chi connectivity index (χ0v) is 11.5. The molecule has 0 heterocycles. The Labute approximate surface area is 113 Å². The van der Waals surface area contributed by atoms with Crippen LogP contribution in [0, 0.1) is 11.7 Å². The van der Waals surface area contributed by atoms with E-state index in [1.165, 1.54) is 6.07 Å².